The van der Waals surface area contributed by atoms with E-state index >= 15 is 0 Å². The molecule has 0 bridgehead atoms. The summed E-state index contributed by atoms with van der Waals surface area (Å²) in [4.78, 5) is 0. The fraction of sp³-hybridized carbons (Fsp3) is 1.00. The van der Waals surface area contributed by atoms with Crippen LogP contribution in [0.5, 0.6) is 0 Å². The fourth-order valence-corrected chi connectivity index (χ4v) is 6.13. The maximum Gasteiger partial charge on any atom is 0.280 e. The third-order valence-corrected chi connectivity index (χ3v) is 6.99. The van der Waals surface area contributed by atoms with Gasteiger partial charge in [-0.25, -0.2) is 8.42 Å². The maximum absolute atomic E-state index is 12.2. The van der Waals surface area contributed by atoms with Gasteiger partial charge in [-0.3, -0.25) is 0 Å². The van der Waals surface area contributed by atoms with Crippen molar-refractivity contribution in [2.45, 2.75) is 18.9 Å². The van der Waals surface area contributed by atoms with Gasteiger partial charge in [0.25, 0.3) is 10.2 Å². The van der Waals surface area contributed by atoms with Crippen LogP contribution in [0.4, 0.5) is 0 Å². The molecule has 1 unspecified atom stereocenters. The third-order valence-electron chi connectivity index (χ3n) is 3.29. The molecule has 0 aromatic rings. The zero-order chi connectivity index (χ0) is 13.4. The Morgan fingerprint density at radius 2 is 1.89 bits per heavy atom. The van der Waals surface area contributed by atoms with Gasteiger partial charge in [-0.2, -0.15) is 17.4 Å². The third kappa shape index (κ3) is 3.21. The van der Waals surface area contributed by atoms with Crippen molar-refractivity contribution in [3.63, 3.8) is 0 Å². The average Bonchev–Trinajstić information content (AvgIpc) is 2.53. The summed E-state index contributed by atoms with van der Waals surface area (Å²) in [7, 11) is -6.71. The maximum atomic E-state index is 12.2. The molecule has 9 heteroatoms. The predicted octanol–water partition coefficient (Wildman–Crippen LogP) is -1.70. The molecular formula is C9H19N3O4S2. The second kappa shape index (κ2) is 4.71. The summed E-state index contributed by atoms with van der Waals surface area (Å²) in [6.07, 6.45) is 0.334. The van der Waals surface area contributed by atoms with Crippen LogP contribution >= 0.6 is 0 Å². The molecule has 0 aromatic heterocycles. The van der Waals surface area contributed by atoms with Gasteiger partial charge in [0.2, 0.25) is 0 Å². The summed E-state index contributed by atoms with van der Waals surface area (Å²) in [6.45, 7) is 3.72. The van der Waals surface area contributed by atoms with Gasteiger partial charge in [-0.1, -0.05) is 0 Å². The highest BCUT2D eigenvalue weighted by Crippen LogP contribution is 2.24. The Morgan fingerprint density at radius 1 is 1.28 bits per heavy atom. The van der Waals surface area contributed by atoms with Crippen molar-refractivity contribution in [1.82, 2.24) is 14.3 Å². The second-order valence-electron chi connectivity index (χ2n) is 5.16. The lowest BCUT2D eigenvalue weighted by molar-refractivity contribution is 0.341. The fourth-order valence-electron chi connectivity index (χ4n) is 2.35. The monoisotopic (exact) mass is 297 g/mol. The van der Waals surface area contributed by atoms with Crippen LogP contribution in [0.25, 0.3) is 0 Å². The molecule has 0 aliphatic carbocycles. The summed E-state index contributed by atoms with van der Waals surface area (Å²) in [5.41, 5.74) is -0.872. The van der Waals surface area contributed by atoms with E-state index in [2.05, 4.69) is 10.0 Å². The lowest BCUT2D eigenvalue weighted by atomic mass is 10.0. The molecule has 2 aliphatic heterocycles. The Labute approximate surface area is 108 Å². The first-order chi connectivity index (χ1) is 8.23. The Kier molecular flexibility index (Phi) is 3.72. The highest BCUT2D eigenvalue weighted by molar-refractivity contribution is 7.92. The minimum absolute atomic E-state index is 0.0492. The van der Waals surface area contributed by atoms with E-state index < -0.39 is 25.6 Å². The smallest absolute Gasteiger partial charge is 0.280 e. The van der Waals surface area contributed by atoms with Crippen molar-refractivity contribution in [3.05, 3.63) is 0 Å². The first kappa shape index (κ1) is 14.2. The number of sulfone groups is 1. The van der Waals surface area contributed by atoms with Crippen LogP contribution in [0.1, 0.15) is 13.3 Å². The minimum Gasteiger partial charge on any atom is -0.314 e. The van der Waals surface area contributed by atoms with Gasteiger partial charge < -0.3 is 5.32 Å². The summed E-state index contributed by atoms with van der Waals surface area (Å²) < 4.78 is 51.1. The van der Waals surface area contributed by atoms with E-state index in [1.807, 2.05) is 0 Å². The quantitative estimate of drug-likeness (QED) is 0.647. The molecule has 0 amide bonds. The molecule has 2 saturated heterocycles. The van der Waals surface area contributed by atoms with Crippen LogP contribution in [0, 0.1) is 0 Å². The summed E-state index contributed by atoms with van der Waals surface area (Å²) in [5.74, 6) is -0.0705. The topological polar surface area (TPSA) is 95.6 Å². The SMILES string of the molecule is CC1(NS(=O)(=O)N2CCNCC2)CCS(=O)(=O)C1. The summed E-state index contributed by atoms with van der Waals surface area (Å²) in [5, 5.41) is 3.07. The van der Waals surface area contributed by atoms with E-state index in [0.717, 1.165) is 0 Å². The standard InChI is InChI=1S/C9H19N3O4S2/c1-9(2-7-17(13,14)8-9)11-18(15,16)12-5-3-10-4-6-12/h10-11H,2-8H2,1H3. The van der Waals surface area contributed by atoms with Crippen molar-refractivity contribution in [2.24, 2.45) is 0 Å². The number of nitrogens with zero attached hydrogens (tertiary/aromatic N) is 1. The molecule has 0 aromatic carbocycles. The van der Waals surface area contributed by atoms with E-state index in [9.17, 15) is 16.8 Å². The van der Waals surface area contributed by atoms with Gasteiger partial charge in [0.15, 0.2) is 9.84 Å². The lowest BCUT2D eigenvalue weighted by Crippen LogP contribution is -2.56. The highest BCUT2D eigenvalue weighted by atomic mass is 32.2. The molecule has 0 saturated carbocycles. The van der Waals surface area contributed by atoms with E-state index in [1.165, 1.54) is 4.31 Å². The highest BCUT2D eigenvalue weighted by Gasteiger charge is 2.42. The number of hydrogen-bond acceptors (Lipinski definition) is 5. The summed E-state index contributed by atoms with van der Waals surface area (Å²) in [6, 6.07) is 0. The van der Waals surface area contributed by atoms with Crippen molar-refractivity contribution in [3.8, 4) is 0 Å². The molecule has 0 radical (unpaired) electrons. The van der Waals surface area contributed by atoms with E-state index in [4.69, 9.17) is 0 Å². The molecule has 18 heavy (non-hydrogen) atoms. The van der Waals surface area contributed by atoms with Gasteiger partial charge in [-0.05, 0) is 13.3 Å². The van der Waals surface area contributed by atoms with E-state index in [-0.39, 0.29) is 11.5 Å². The normalized spacial score (nSPS) is 33.6. The number of hydrogen-bond donors (Lipinski definition) is 2. The Morgan fingerprint density at radius 3 is 2.39 bits per heavy atom. The van der Waals surface area contributed by atoms with Gasteiger partial charge in [0, 0.05) is 31.7 Å². The molecule has 7 nitrogen and oxygen atoms in total. The van der Waals surface area contributed by atoms with Crippen molar-refractivity contribution < 1.29 is 16.8 Å². The van der Waals surface area contributed by atoms with E-state index in [0.29, 0.717) is 32.6 Å². The van der Waals surface area contributed by atoms with Gasteiger partial charge in [0.05, 0.1) is 11.5 Å². The van der Waals surface area contributed by atoms with Crippen LogP contribution in [0.2, 0.25) is 0 Å². The Balaban J connectivity index is 2.08. The lowest BCUT2D eigenvalue weighted by Gasteiger charge is -2.31. The molecule has 2 fully saturated rings. The molecule has 0 spiro atoms. The number of piperazine rings is 1. The van der Waals surface area contributed by atoms with Gasteiger partial charge in [-0.15, -0.1) is 0 Å². The van der Waals surface area contributed by atoms with Crippen LogP contribution in [-0.4, -0.2) is 64.4 Å². The first-order valence-corrected chi connectivity index (χ1v) is 9.19. The molecule has 106 valence electrons. The molecular weight excluding hydrogens is 278 g/mol. The zero-order valence-corrected chi connectivity index (χ0v) is 12.0. The number of rotatable bonds is 3. The van der Waals surface area contributed by atoms with Crippen molar-refractivity contribution in [2.75, 3.05) is 37.7 Å². The zero-order valence-electron chi connectivity index (χ0n) is 10.3. The molecule has 2 aliphatic rings. The molecule has 2 heterocycles. The van der Waals surface area contributed by atoms with Gasteiger partial charge in [0.1, 0.15) is 0 Å². The first-order valence-electron chi connectivity index (χ1n) is 5.93. The molecule has 2 rings (SSSR count). The van der Waals surface area contributed by atoms with Crippen LogP contribution < -0.4 is 10.0 Å². The summed E-state index contributed by atoms with van der Waals surface area (Å²) >= 11 is 0. The Bertz CT molecular complexity index is 510. The van der Waals surface area contributed by atoms with Crippen LogP contribution in [0.15, 0.2) is 0 Å². The van der Waals surface area contributed by atoms with Crippen LogP contribution in [-0.2, 0) is 20.0 Å². The second-order valence-corrected chi connectivity index (χ2v) is 9.01. The molecule has 1 atom stereocenters. The van der Waals surface area contributed by atoms with Crippen LogP contribution in [0.3, 0.4) is 0 Å². The largest absolute Gasteiger partial charge is 0.314 e. The van der Waals surface area contributed by atoms with E-state index in [1.54, 1.807) is 6.92 Å². The predicted molar refractivity (Wildman–Crippen MR) is 68.2 cm³/mol. The van der Waals surface area contributed by atoms with Gasteiger partial charge >= 0.3 is 0 Å². The van der Waals surface area contributed by atoms with Crippen molar-refractivity contribution >= 4 is 20.0 Å². The minimum atomic E-state index is -3.60. The average molecular weight is 297 g/mol. The molecule has 2 N–H and O–H groups in total. The Hall–Kier alpha value is -0.220. The number of nitrogens with one attached hydrogen (secondary N) is 2. The van der Waals surface area contributed by atoms with Crippen molar-refractivity contribution in [1.29, 1.82) is 0 Å².